The fourth-order valence-corrected chi connectivity index (χ4v) is 3.04. The minimum absolute atomic E-state index is 0.137. The van der Waals surface area contributed by atoms with E-state index in [1.807, 2.05) is 4.90 Å². The standard InChI is InChI=1S/C16H26N2O/c1-13(2)8-11-18(14-6-7-14)15(19)16(12-17)9-4-3-5-10-16/h13-14H,3-11H2,1-2H3. The maximum Gasteiger partial charge on any atom is 0.243 e. The van der Waals surface area contributed by atoms with Crippen molar-refractivity contribution in [3.8, 4) is 6.07 Å². The van der Waals surface area contributed by atoms with Gasteiger partial charge in [0.15, 0.2) is 0 Å². The van der Waals surface area contributed by atoms with Crippen molar-refractivity contribution in [1.29, 1.82) is 5.26 Å². The molecule has 1 amide bonds. The van der Waals surface area contributed by atoms with Gasteiger partial charge in [0.05, 0.1) is 6.07 Å². The number of nitrogens with zero attached hydrogens (tertiary/aromatic N) is 2. The molecule has 0 aliphatic heterocycles. The highest BCUT2D eigenvalue weighted by Gasteiger charge is 2.45. The molecule has 0 aromatic heterocycles. The third kappa shape index (κ3) is 3.29. The van der Waals surface area contributed by atoms with E-state index in [0.29, 0.717) is 12.0 Å². The van der Waals surface area contributed by atoms with Gasteiger partial charge in [-0.3, -0.25) is 4.79 Å². The minimum Gasteiger partial charge on any atom is -0.338 e. The molecule has 3 heteroatoms. The van der Waals surface area contributed by atoms with E-state index in [1.165, 1.54) is 6.42 Å². The molecule has 2 saturated carbocycles. The van der Waals surface area contributed by atoms with E-state index in [-0.39, 0.29) is 5.91 Å². The van der Waals surface area contributed by atoms with E-state index in [2.05, 4.69) is 19.9 Å². The lowest BCUT2D eigenvalue weighted by Gasteiger charge is -2.35. The molecule has 106 valence electrons. The normalized spacial score (nSPS) is 22.0. The number of rotatable bonds is 5. The Balaban J connectivity index is 2.07. The van der Waals surface area contributed by atoms with E-state index < -0.39 is 5.41 Å². The van der Waals surface area contributed by atoms with Gasteiger partial charge in [0, 0.05) is 12.6 Å². The van der Waals surface area contributed by atoms with Crippen molar-refractivity contribution in [1.82, 2.24) is 4.90 Å². The summed E-state index contributed by atoms with van der Waals surface area (Å²) in [4.78, 5) is 14.9. The Morgan fingerprint density at radius 2 is 1.95 bits per heavy atom. The molecular formula is C16H26N2O. The van der Waals surface area contributed by atoms with E-state index in [0.717, 1.165) is 51.5 Å². The van der Waals surface area contributed by atoms with E-state index in [9.17, 15) is 10.1 Å². The second-order valence-corrected chi connectivity index (χ2v) is 6.67. The average molecular weight is 262 g/mol. The summed E-state index contributed by atoms with van der Waals surface area (Å²) in [6, 6.07) is 2.81. The van der Waals surface area contributed by atoms with Gasteiger partial charge in [0.2, 0.25) is 5.91 Å². The van der Waals surface area contributed by atoms with Gasteiger partial charge in [0.1, 0.15) is 5.41 Å². The van der Waals surface area contributed by atoms with Crippen molar-refractivity contribution in [2.45, 2.75) is 71.3 Å². The summed E-state index contributed by atoms with van der Waals surface area (Å²) in [6.45, 7) is 5.22. The number of nitriles is 1. The van der Waals surface area contributed by atoms with Gasteiger partial charge in [-0.05, 0) is 38.0 Å². The van der Waals surface area contributed by atoms with Gasteiger partial charge in [-0.15, -0.1) is 0 Å². The molecule has 0 heterocycles. The Bertz CT molecular complexity index is 359. The molecule has 3 nitrogen and oxygen atoms in total. The first-order valence-corrected chi connectivity index (χ1v) is 7.81. The number of amides is 1. The van der Waals surface area contributed by atoms with Crippen LogP contribution in [0.4, 0.5) is 0 Å². The molecule has 2 aliphatic carbocycles. The lowest BCUT2D eigenvalue weighted by molar-refractivity contribution is -0.141. The van der Waals surface area contributed by atoms with Crippen molar-refractivity contribution >= 4 is 5.91 Å². The van der Waals surface area contributed by atoms with Crippen LogP contribution in [0.3, 0.4) is 0 Å². The number of carbonyl (C=O) groups is 1. The lowest BCUT2D eigenvalue weighted by Crippen LogP contribution is -2.46. The summed E-state index contributed by atoms with van der Waals surface area (Å²) in [5.74, 6) is 0.747. The van der Waals surface area contributed by atoms with Crippen LogP contribution in [0.25, 0.3) is 0 Å². The summed E-state index contributed by atoms with van der Waals surface area (Å²) in [5, 5.41) is 9.54. The molecule has 0 radical (unpaired) electrons. The molecule has 2 rings (SSSR count). The number of hydrogen-bond acceptors (Lipinski definition) is 2. The van der Waals surface area contributed by atoms with Crippen molar-refractivity contribution in [3.63, 3.8) is 0 Å². The second kappa shape index (κ2) is 5.94. The molecule has 0 saturated heterocycles. The van der Waals surface area contributed by atoms with Crippen LogP contribution >= 0.6 is 0 Å². The summed E-state index contributed by atoms with van der Waals surface area (Å²) < 4.78 is 0. The van der Waals surface area contributed by atoms with Gasteiger partial charge in [0.25, 0.3) is 0 Å². The maximum atomic E-state index is 12.8. The first-order valence-electron chi connectivity index (χ1n) is 7.81. The zero-order valence-electron chi connectivity index (χ0n) is 12.3. The monoisotopic (exact) mass is 262 g/mol. The fraction of sp³-hybridized carbons (Fsp3) is 0.875. The average Bonchev–Trinajstić information content (AvgIpc) is 3.24. The molecule has 2 fully saturated rings. The number of hydrogen-bond donors (Lipinski definition) is 0. The third-order valence-corrected chi connectivity index (χ3v) is 4.53. The SMILES string of the molecule is CC(C)CCN(C(=O)C1(C#N)CCCCC1)C1CC1. The number of carbonyl (C=O) groups excluding carboxylic acids is 1. The zero-order chi connectivity index (χ0) is 13.9. The summed E-state index contributed by atoms with van der Waals surface area (Å²) in [7, 11) is 0. The highest BCUT2D eigenvalue weighted by atomic mass is 16.2. The molecule has 0 unspecified atom stereocenters. The lowest BCUT2D eigenvalue weighted by atomic mass is 9.74. The molecular weight excluding hydrogens is 236 g/mol. The fourth-order valence-electron chi connectivity index (χ4n) is 3.04. The third-order valence-electron chi connectivity index (χ3n) is 4.53. The zero-order valence-corrected chi connectivity index (χ0v) is 12.3. The predicted molar refractivity (Wildman–Crippen MR) is 75.3 cm³/mol. The Kier molecular flexibility index (Phi) is 4.50. The molecule has 0 spiro atoms. The second-order valence-electron chi connectivity index (χ2n) is 6.67. The van der Waals surface area contributed by atoms with E-state index in [1.54, 1.807) is 0 Å². The Morgan fingerprint density at radius 1 is 1.32 bits per heavy atom. The van der Waals surface area contributed by atoms with Crippen LogP contribution in [0.1, 0.15) is 65.2 Å². The van der Waals surface area contributed by atoms with Gasteiger partial charge in [-0.1, -0.05) is 33.1 Å². The summed E-state index contributed by atoms with van der Waals surface area (Å²) >= 11 is 0. The maximum absolute atomic E-state index is 12.8. The van der Waals surface area contributed by atoms with Gasteiger partial charge in [-0.25, -0.2) is 0 Å². The molecule has 19 heavy (non-hydrogen) atoms. The summed E-state index contributed by atoms with van der Waals surface area (Å²) in [6.07, 6.45) is 8.08. The smallest absolute Gasteiger partial charge is 0.243 e. The first kappa shape index (κ1) is 14.4. The quantitative estimate of drug-likeness (QED) is 0.761. The topological polar surface area (TPSA) is 44.1 Å². The minimum atomic E-state index is -0.697. The van der Waals surface area contributed by atoms with Crippen LogP contribution in [0.5, 0.6) is 0 Å². The van der Waals surface area contributed by atoms with Gasteiger partial charge >= 0.3 is 0 Å². The van der Waals surface area contributed by atoms with Gasteiger partial charge < -0.3 is 4.90 Å². The Morgan fingerprint density at radius 3 is 2.42 bits per heavy atom. The van der Waals surface area contributed by atoms with Crippen molar-refractivity contribution in [2.24, 2.45) is 11.3 Å². The molecule has 2 aliphatic rings. The Labute approximate surface area is 117 Å². The first-order chi connectivity index (χ1) is 9.09. The molecule has 0 aromatic rings. The highest BCUT2D eigenvalue weighted by Crippen LogP contribution is 2.40. The van der Waals surface area contributed by atoms with Crippen molar-refractivity contribution in [2.75, 3.05) is 6.54 Å². The van der Waals surface area contributed by atoms with E-state index >= 15 is 0 Å². The molecule has 0 N–H and O–H groups in total. The molecule has 0 aromatic carbocycles. The van der Waals surface area contributed by atoms with Crippen LogP contribution in [0.15, 0.2) is 0 Å². The molecule has 0 atom stereocenters. The highest BCUT2D eigenvalue weighted by molar-refractivity contribution is 5.86. The predicted octanol–water partition coefficient (Wildman–Crippen LogP) is 3.50. The van der Waals surface area contributed by atoms with Gasteiger partial charge in [-0.2, -0.15) is 5.26 Å². The van der Waals surface area contributed by atoms with Crippen LogP contribution in [-0.2, 0) is 4.79 Å². The van der Waals surface area contributed by atoms with Crippen molar-refractivity contribution < 1.29 is 4.79 Å². The van der Waals surface area contributed by atoms with Crippen LogP contribution in [-0.4, -0.2) is 23.4 Å². The van der Waals surface area contributed by atoms with E-state index in [4.69, 9.17) is 0 Å². The van der Waals surface area contributed by atoms with Crippen LogP contribution in [0.2, 0.25) is 0 Å². The largest absolute Gasteiger partial charge is 0.338 e. The van der Waals surface area contributed by atoms with Crippen molar-refractivity contribution in [3.05, 3.63) is 0 Å². The van der Waals surface area contributed by atoms with Crippen LogP contribution in [0, 0.1) is 22.7 Å². The van der Waals surface area contributed by atoms with Crippen LogP contribution < -0.4 is 0 Å². The Hall–Kier alpha value is -1.04. The molecule has 0 bridgehead atoms. The summed E-state index contributed by atoms with van der Waals surface area (Å²) in [5.41, 5.74) is -0.697.